The molecule has 1 aliphatic rings. The maximum absolute atomic E-state index is 14.1. The van der Waals surface area contributed by atoms with Gasteiger partial charge >= 0.3 is 5.97 Å². The maximum atomic E-state index is 14.1. The highest BCUT2D eigenvalue weighted by Crippen LogP contribution is 2.33. The van der Waals surface area contributed by atoms with Gasteiger partial charge in [-0.2, -0.15) is 0 Å². The summed E-state index contributed by atoms with van der Waals surface area (Å²) in [4.78, 5) is 17.5. The summed E-state index contributed by atoms with van der Waals surface area (Å²) in [6, 6.07) is 2.88. The van der Waals surface area contributed by atoms with Crippen molar-refractivity contribution in [1.82, 2.24) is 0 Å². The Morgan fingerprint density at radius 3 is 2.72 bits per heavy atom. The average Bonchev–Trinajstić information content (AvgIpc) is 2.54. The lowest BCUT2D eigenvalue weighted by atomic mass is 10.1. The van der Waals surface area contributed by atoms with E-state index in [0.717, 1.165) is 0 Å². The van der Waals surface area contributed by atoms with Gasteiger partial charge in [-0.15, -0.1) is 0 Å². The molecule has 7 heteroatoms. The molecule has 5 nitrogen and oxygen atoms in total. The molecule has 1 aliphatic heterocycles. The fraction of sp³-hybridized carbons (Fsp3) is 0.444. The summed E-state index contributed by atoms with van der Waals surface area (Å²) < 4.78 is 25.1. The van der Waals surface area contributed by atoms with Crippen molar-refractivity contribution in [3.8, 4) is 0 Å². The van der Waals surface area contributed by atoms with E-state index in [1.54, 1.807) is 13.1 Å². The fourth-order valence-electron chi connectivity index (χ4n) is 3.29. The number of hydrogen-bond acceptors (Lipinski definition) is 4. The van der Waals surface area contributed by atoms with Gasteiger partial charge in [0.25, 0.3) is 0 Å². The summed E-state index contributed by atoms with van der Waals surface area (Å²) in [7, 11) is 0. The molecule has 0 amide bonds. The number of nitrogens with zero attached hydrogens (tertiary/aromatic N) is 1. The first-order valence-electron chi connectivity index (χ1n) is 8.31. The number of esters is 1. The van der Waals surface area contributed by atoms with E-state index in [1.165, 1.54) is 12.1 Å². The molecule has 25 heavy (non-hydrogen) atoms. The Balaban J connectivity index is 2.21. The number of anilines is 1. The lowest BCUT2D eigenvalue weighted by molar-refractivity contribution is -0.344. The zero-order chi connectivity index (χ0) is 18.1. The summed E-state index contributed by atoms with van der Waals surface area (Å²) in [5, 5.41) is 0.621. The molecule has 1 saturated heterocycles. The van der Waals surface area contributed by atoms with Crippen LogP contribution in [-0.2, 0) is 9.47 Å². The van der Waals surface area contributed by atoms with Gasteiger partial charge in [0, 0.05) is 19.2 Å². The topological polar surface area (TPSA) is 52.9 Å². The van der Waals surface area contributed by atoms with Gasteiger partial charge in [0.1, 0.15) is 11.4 Å². The molecule has 2 atom stereocenters. The molecule has 1 fully saturated rings. The number of fused-ring (bicyclic) bond motifs is 1. The number of carbonyl (C=O) groups excluding carboxylic acids is 1. The second kappa shape index (κ2) is 7.14. The molecular formula is C18H21ClFN2O3+. The van der Waals surface area contributed by atoms with Crippen LogP contribution in [0, 0.1) is 5.82 Å². The van der Waals surface area contributed by atoms with Gasteiger partial charge in [-0.3, -0.25) is 0 Å². The second-order valence-corrected chi connectivity index (χ2v) is 6.65. The van der Waals surface area contributed by atoms with Crippen LogP contribution in [0.25, 0.3) is 10.9 Å². The first-order valence-corrected chi connectivity index (χ1v) is 8.69. The van der Waals surface area contributed by atoms with E-state index in [9.17, 15) is 9.18 Å². The lowest BCUT2D eigenvalue weighted by Crippen LogP contribution is -2.46. The Hall–Kier alpha value is -1.92. The smallest absolute Gasteiger partial charge is 0.346 e. The van der Waals surface area contributed by atoms with E-state index in [-0.39, 0.29) is 23.8 Å². The summed E-state index contributed by atoms with van der Waals surface area (Å²) in [6.07, 6.45) is 1.58. The first-order chi connectivity index (χ1) is 11.9. The standard InChI is InChI=1S/C18H20ClFN2O3/c1-4-24-18(23)13-7-21-16-6-14(19)15(20)5-12(16)17(13)22-8-10(2)25-11(3)9-22/h5-7,10-11H,4,8-9H2,1-3H3/p+1/t10-,11+. The molecule has 1 aromatic heterocycles. The second-order valence-electron chi connectivity index (χ2n) is 6.25. The Labute approximate surface area is 150 Å². The van der Waals surface area contributed by atoms with Gasteiger partial charge in [-0.1, -0.05) is 11.6 Å². The van der Waals surface area contributed by atoms with Crippen LogP contribution in [0.1, 0.15) is 31.1 Å². The summed E-state index contributed by atoms with van der Waals surface area (Å²) in [5.41, 5.74) is 1.67. The number of nitrogens with one attached hydrogen (secondary N) is 1. The number of ether oxygens (including phenoxy) is 2. The van der Waals surface area contributed by atoms with E-state index >= 15 is 0 Å². The van der Waals surface area contributed by atoms with Crippen molar-refractivity contribution < 1.29 is 23.6 Å². The molecule has 0 unspecified atom stereocenters. The van der Waals surface area contributed by atoms with Gasteiger partial charge in [-0.25, -0.2) is 14.2 Å². The minimum atomic E-state index is -0.529. The number of benzene rings is 1. The number of hydrogen-bond donors (Lipinski definition) is 0. The predicted octanol–water partition coefficient (Wildman–Crippen LogP) is 3.24. The van der Waals surface area contributed by atoms with E-state index in [2.05, 4.69) is 9.88 Å². The maximum Gasteiger partial charge on any atom is 0.346 e. The minimum absolute atomic E-state index is 0.00446. The fourth-order valence-corrected chi connectivity index (χ4v) is 3.45. The Morgan fingerprint density at radius 2 is 2.08 bits per heavy atom. The van der Waals surface area contributed by atoms with Gasteiger partial charge in [0.15, 0.2) is 6.20 Å². The van der Waals surface area contributed by atoms with E-state index in [0.29, 0.717) is 35.2 Å². The molecular weight excluding hydrogens is 347 g/mol. The number of morpholine rings is 1. The highest BCUT2D eigenvalue weighted by molar-refractivity contribution is 6.31. The van der Waals surface area contributed by atoms with E-state index < -0.39 is 11.8 Å². The number of aromatic nitrogens is 1. The Morgan fingerprint density at radius 1 is 1.40 bits per heavy atom. The third kappa shape index (κ3) is 3.55. The van der Waals surface area contributed by atoms with E-state index in [1.807, 2.05) is 13.8 Å². The van der Waals surface area contributed by atoms with Crippen LogP contribution in [-0.4, -0.2) is 37.9 Å². The monoisotopic (exact) mass is 367 g/mol. The van der Waals surface area contributed by atoms with Crippen molar-refractivity contribution in [2.75, 3.05) is 24.6 Å². The third-order valence-electron chi connectivity index (χ3n) is 4.17. The van der Waals surface area contributed by atoms with Crippen LogP contribution in [0.5, 0.6) is 0 Å². The van der Waals surface area contributed by atoms with Gasteiger partial charge in [0.2, 0.25) is 5.52 Å². The Bertz CT molecular complexity index is 804. The SMILES string of the molecule is CCOC(=O)c1c[nH+]c2cc(Cl)c(F)cc2c1N1C[C@@H](C)O[C@@H](C)C1. The van der Waals surface area contributed by atoms with Crippen LogP contribution >= 0.6 is 11.6 Å². The van der Waals surface area contributed by atoms with Crippen LogP contribution in [0.2, 0.25) is 5.02 Å². The zero-order valence-electron chi connectivity index (χ0n) is 14.4. The molecule has 0 radical (unpaired) electrons. The largest absolute Gasteiger partial charge is 0.462 e. The molecule has 2 aromatic rings. The van der Waals surface area contributed by atoms with Crippen LogP contribution in [0.15, 0.2) is 18.3 Å². The lowest BCUT2D eigenvalue weighted by Gasteiger charge is -2.37. The molecule has 134 valence electrons. The molecule has 0 aliphatic carbocycles. The van der Waals surface area contributed by atoms with Crippen molar-refractivity contribution in [1.29, 1.82) is 0 Å². The van der Waals surface area contributed by atoms with Crippen LogP contribution < -0.4 is 9.88 Å². The van der Waals surface area contributed by atoms with Crippen molar-refractivity contribution >= 4 is 34.2 Å². The molecule has 2 heterocycles. The highest BCUT2D eigenvalue weighted by atomic mass is 35.5. The molecule has 0 spiro atoms. The van der Waals surface area contributed by atoms with Crippen LogP contribution in [0.4, 0.5) is 10.1 Å². The third-order valence-corrected chi connectivity index (χ3v) is 4.46. The van der Waals surface area contributed by atoms with Crippen molar-refractivity contribution in [3.63, 3.8) is 0 Å². The minimum Gasteiger partial charge on any atom is -0.462 e. The quantitative estimate of drug-likeness (QED) is 0.781. The molecule has 0 saturated carbocycles. The normalized spacial score (nSPS) is 20.8. The zero-order valence-corrected chi connectivity index (χ0v) is 15.2. The van der Waals surface area contributed by atoms with Gasteiger partial charge in [0.05, 0.1) is 34.9 Å². The predicted molar refractivity (Wildman–Crippen MR) is 93.7 cm³/mol. The number of H-pyrrole nitrogens is 1. The van der Waals surface area contributed by atoms with Crippen molar-refractivity contribution in [3.05, 3.63) is 34.7 Å². The summed E-state index contributed by atoms with van der Waals surface area (Å²) in [5.74, 6) is -0.975. The molecule has 1 N–H and O–H groups in total. The van der Waals surface area contributed by atoms with Gasteiger partial charge < -0.3 is 14.4 Å². The first kappa shape index (κ1) is 17.9. The Kier molecular flexibility index (Phi) is 5.11. The number of pyridine rings is 1. The van der Waals surface area contributed by atoms with Crippen LogP contribution in [0.3, 0.4) is 0 Å². The molecule has 3 rings (SSSR count). The number of halogens is 2. The molecule has 1 aromatic carbocycles. The van der Waals surface area contributed by atoms with Gasteiger partial charge in [-0.05, 0) is 26.8 Å². The van der Waals surface area contributed by atoms with E-state index in [4.69, 9.17) is 21.1 Å². The number of rotatable bonds is 3. The average molecular weight is 368 g/mol. The van der Waals surface area contributed by atoms with Crippen molar-refractivity contribution in [2.24, 2.45) is 0 Å². The number of carbonyl (C=O) groups is 1. The summed E-state index contributed by atoms with van der Waals surface area (Å²) >= 11 is 5.90. The van der Waals surface area contributed by atoms with Crippen molar-refractivity contribution in [2.45, 2.75) is 33.0 Å². The summed E-state index contributed by atoms with van der Waals surface area (Å²) in [6.45, 7) is 7.16. The number of aromatic amines is 1. The molecule has 0 bridgehead atoms. The highest BCUT2D eigenvalue weighted by Gasteiger charge is 2.30.